The van der Waals surface area contributed by atoms with Crippen molar-refractivity contribution in [1.82, 2.24) is 9.55 Å². The molecular weight excluding hydrogens is 378 g/mol. The van der Waals surface area contributed by atoms with Crippen molar-refractivity contribution in [2.75, 3.05) is 11.6 Å². The summed E-state index contributed by atoms with van der Waals surface area (Å²) in [7, 11) is -3.49. The van der Waals surface area contributed by atoms with Crippen LogP contribution in [0.25, 0.3) is 0 Å². The molecule has 0 aliphatic heterocycles. The van der Waals surface area contributed by atoms with Gasteiger partial charge in [-0.15, -0.1) is 0 Å². The number of pyridine rings is 2. The number of hydrogen-bond donors (Lipinski definition) is 1. The van der Waals surface area contributed by atoms with E-state index in [4.69, 9.17) is 0 Å². The van der Waals surface area contributed by atoms with Gasteiger partial charge in [-0.25, -0.2) is 13.4 Å². The van der Waals surface area contributed by atoms with Crippen LogP contribution in [0.1, 0.15) is 43.7 Å². The number of carbonyl (C=O) groups is 1. The van der Waals surface area contributed by atoms with Crippen LogP contribution in [0.15, 0.2) is 46.3 Å². The number of sulfone groups is 1. The fraction of sp³-hybridized carbons (Fsp3) is 0.450. The third kappa shape index (κ3) is 4.86. The minimum absolute atomic E-state index is 0.0472. The Morgan fingerprint density at radius 2 is 2.00 bits per heavy atom. The quantitative estimate of drug-likeness (QED) is 0.800. The maximum atomic E-state index is 13.0. The molecule has 1 saturated carbocycles. The molecule has 0 bridgehead atoms. The number of nitrogens with one attached hydrogen (secondary N) is 1. The van der Waals surface area contributed by atoms with E-state index in [2.05, 4.69) is 10.3 Å². The summed E-state index contributed by atoms with van der Waals surface area (Å²) < 4.78 is 24.8. The summed E-state index contributed by atoms with van der Waals surface area (Å²) in [5, 5.41) is 2.79. The molecule has 1 N–H and O–H groups in total. The van der Waals surface area contributed by atoms with Crippen LogP contribution in [0.4, 0.5) is 5.82 Å². The number of rotatable bonds is 6. The summed E-state index contributed by atoms with van der Waals surface area (Å²) in [5.41, 5.74) is 0.478. The molecule has 1 fully saturated rings. The lowest BCUT2D eigenvalue weighted by Crippen LogP contribution is -2.34. The van der Waals surface area contributed by atoms with Gasteiger partial charge in [-0.2, -0.15) is 0 Å². The van der Waals surface area contributed by atoms with Crippen molar-refractivity contribution >= 4 is 21.6 Å². The van der Waals surface area contributed by atoms with Crippen LogP contribution in [0.5, 0.6) is 0 Å². The lowest BCUT2D eigenvalue weighted by atomic mass is 9.97. The number of aryl methyl sites for hydroxylation is 1. The van der Waals surface area contributed by atoms with Gasteiger partial charge in [0.1, 0.15) is 11.9 Å². The summed E-state index contributed by atoms with van der Waals surface area (Å²) >= 11 is 0. The van der Waals surface area contributed by atoms with E-state index >= 15 is 0 Å². The van der Waals surface area contributed by atoms with Crippen LogP contribution < -0.4 is 10.9 Å². The number of aromatic nitrogens is 2. The van der Waals surface area contributed by atoms with Gasteiger partial charge in [0.05, 0.1) is 4.90 Å². The van der Waals surface area contributed by atoms with Gasteiger partial charge in [0.2, 0.25) is 5.91 Å². The van der Waals surface area contributed by atoms with Gasteiger partial charge in [0, 0.05) is 24.7 Å². The van der Waals surface area contributed by atoms with E-state index in [0.717, 1.165) is 43.6 Å². The predicted octanol–water partition coefficient (Wildman–Crippen LogP) is 2.72. The molecule has 0 radical (unpaired) electrons. The lowest BCUT2D eigenvalue weighted by molar-refractivity contribution is -0.119. The first-order chi connectivity index (χ1) is 13.2. The molecule has 28 heavy (non-hydrogen) atoms. The minimum Gasteiger partial charge on any atom is -0.309 e. The van der Waals surface area contributed by atoms with Crippen molar-refractivity contribution in [1.29, 1.82) is 0 Å². The van der Waals surface area contributed by atoms with E-state index < -0.39 is 21.4 Å². The molecule has 1 aliphatic rings. The highest BCUT2D eigenvalue weighted by molar-refractivity contribution is 7.90. The van der Waals surface area contributed by atoms with E-state index in [9.17, 15) is 18.0 Å². The third-order valence-electron chi connectivity index (χ3n) is 5.18. The highest BCUT2D eigenvalue weighted by Gasteiger charge is 2.28. The second-order valence-electron chi connectivity index (χ2n) is 7.49. The van der Waals surface area contributed by atoms with Crippen molar-refractivity contribution in [3.05, 3.63) is 52.6 Å². The molecule has 3 rings (SSSR count). The third-order valence-corrected chi connectivity index (χ3v) is 6.29. The molecule has 8 heteroatoms. The molecule has 0 spiro atoms. The standard InChI is InChI=1S/C20H25N3O4S/c1-14-7-8-18(21-13-14)22-20(25)17(11-15-5-3-4-6-15)23-10-9-16(12-19(23)24)28(2,26)27/h7-10,12-13,15,17H,3-6,11H2,1-2H3,(H,21,22,25)/t17-/m0/s1. The summed E-state index contributed by atoms with van der Waals surface area (Å²) in [4.78, 5) is 29.7. The first kappa shape index (κ1) is 20.3. The normalized spacial score (nSPS) is 16.1. The van der Waals surface area contributed by atoms with Gasteiger partial charge in [-0.05, 0) is 37.0 Å². The molecule has 0 unspecified atom stereocenters. The average Bonchev–Trinajstić information content (AvgIpc) is 3.14. The zero-order valence-electron chi connectivity index (χ0n) is 16.1. The van der Waals surface area contributed by atoms with Crippen molar-refractivity contribution in [2.24, 2.45) is 5.92 Å². The van der Waals surface area contributed by atoms with Crippen molar-refractivity contribution in [3.8, 4) is 0 Å². The van der Waals surface area contributed by atoms with Crippen LogP contribution in [0.3, 0.4) is 0 Å². The summed E-state index contributed by atoms with van der Waals surface area (Å²) in [5.74, 6) is 0.466. The van der Waals surface area contributed by atoms with Crippen molar-refractivity contribution < 1.29 is 13.2 Å². The van der Waals surface area contributed by atoms with E-state index in [1.165, 1.54) is 16.8 Å². The zero-order chi connectivity index (χ0) is 20.3. The molecule has 7 nitrogen and oxygen atoms in total. The number of anilines is 1. The lowest BCUT2D eigenvalue weighted by Gasteiger charge is -2.22. The molecule has 1 atom stereocenters. The fourth-order valence-corrected chi connectivity index (χ4v) is 4.24. The summed E-state index contributed by atoms with van der Waals surface area (Å²) in [6, 6.07) is 5.30. The second kappa shape index (κ2) is 8.26. The fourth-order valence-electron chi connectivity index (χ4n) is 3.62. The minimum atomic E-state index is -3.49. The second-order valence-corrected chi connectivity index (χ2v) is 9.51. The maximum absolute atomic E-state index is 13.0. The highest BCUT2D eigenvalue weighted by atomic mass is 32.2. The van der Waals surface area contributed by atoms with E-state index in [1.54, 1.807) is 12.3 Å². The molecule has 0 aromatic carbocycles. The first-order valence-corrected chi connectivity index (χ1v) is 11.3. The Hall–Kier alpha value is -2.48. The predicted molar refractivity (Wildman–Crippen MR) is 107 cm³/mol. The molecule has 1 amide bonds. The number of amides is 1. The molecule has 0 saturated heterocycles. The summed E-state index contributed by atoms with van der Waals surface area (Å²) in [6.07, 6.45) is 8.97. The Bertz CT molecular complexity index is 1010. The Labute approximate surface area is 164 Å². The van der Waals surface area contributed by atoms with Crippen molar-refractivity contribution in [2.45, 2.75) is 50.0 Å². The molecule has 150 valence electrons. The molecule has 2 aromatic rings. The average molecular weight is 404 g/mol. The van der Waals surface area contributed by atoms with E-state index in [-0.39, 0.29) is 10.8 Å². The Morgan fingerprint density at radius 3 is 2.57 bits per heavy atom. The smallest absolute Gasteiger partial charge is 0.252 e. The van der Waals surface area contributed by atoms with Gasteiger partial charge >= 0.3 is 0 Å². The monoisotopic (exact) mass is 403 g/mol. The SMILES string of the molecule is Cc1ccc(NC(=O)[C@H](CC2CCCC2)n2ccc(S(C)(=O)=O)cc2=O)nc1. The molecule has 2 aromatic heterocycles. The van der Waals surface area contributed by atoms with Crippen LogP contribution in [0, 0.1) is 12.8 Å². The van der Waals surface area contributed by atoms with Gasteiger partial charge in [-0.3, -0.25) is 9.59 Å². The number of carbonyl (C=O) groups excluding carboxylic acids is 1. The Balaban J connectivity index is 1.91. The number of hydrogen-bond acceptors (Lipinski definition) is 5. The van der Waals surface area contributed by atoms with Crippen LogP contribution in [-0.2, 0) is 14.6 Å². The summed E-state index contributed by atoms with van der Waals surface area (Å²) in [6.45, 7) is 1.91. The van der Waals surface area contributed by atoms with Gasteiger partial charge in [0.25, 0.3) is 5.56 Å². The van der Waals surface area contributed by atoms with E-state index in [1.807, 2.05) is 13.0 Å². The molecule has 1 aliphatic carbocycles. The van der Waals surface area contributed by atoms with Gasteiger partial charge in [0.15, 0.2) is 9.84 Å². The Morgan fingerprint density at radius 1 is 1.29 bits per heavy atom. The van der Waals surface area contributed by atoms with Gasteiger partial charge < -0.3 is 9.88 Å². The molecular formula is C20H25N3O4S. The first-order valence-electron chi connectivity index (χ1n) is 9.40. The molecule has 2 heterocycles. The van der Waals surface area contributed by atoms with Crippen LogP contribution >= 0.6 is 0 Å². The van der Waals surface area contributed by atoms with E-state index in [0.29, 0.717) is 18.2 Å². The van der Waals surface area contributed by atoms with Crippen LogP contribution in [0.2, 0.25) is 0 Å². The zero-order valence-corrected chi connectivity index (χ0v) is 16.9. The maximum Gasteiger partial charge on any atom is 0.252 e. The highest BCUT2D eigenvalue weighted by Crippen LogP contribution is 2.32. The largest absolute Gasteiger partial charge is 0.309 e. The topological polar surface area (TPSA) is 98.1 Å². The number of nitrogens with zero attached hydrogens (tertiary/aromatic N) is 2. The Kier molecular flexibility index (Phi) is 5.98. The van der Waals surface area contributed by atoms with Crippen LogP contribution in [-0.4, -0.2) is 30.1 Å². The van der Waals surface area contributed by atoms with Gasteiger partial charge in [-0.1, -0.05) is 31.7 Å². The van der Waals surface area contributed by atoms with Crippen molar-refractivity contribution in [3.63, 3.8) is 0 Å².